The van der Waals surface area contributed by atoms with Crippen molar-refractivity contribution in [3.63, 3.8) is 0 Å². The number of carbonyl (C=O) groups excluding carboxylic acids is 1. The molecule has 1 saturated heterocycles. The Morgan fingerprint density at radius 2 is 1.90 bits per heavy atom. The number of thiazole rings is 1. The SMILES string of the molecule is COc1ccc(OC)c(/C=C2\S/C(=N/c3nc(-c4ccccc4)cs3)N(C)C2=O)c1. The predicted octanol–water partition coefficient (Wildman–Crippen LogP) is 5.06. The lowest BCUT2D eigenvalue weighted by Gasteiger charge is -2.08. The van der Waals surface area contributed by atoms with Gasteiger partial charge in [-0.25, -0.2) is 4.98 Å². The van der Waals surface area contributed by atoms with E-state index in [1.54, 1.807) is 27.3 Å². The summed E-state index contributed by atoms with van der Waals surface area (Å²) in [5, 5.41) is 3.16. The van der Waals surface area contributed by atoms with Gasteiger partial charge in [-0.05, 0) is 36.0 Å². The summed E-state index contributed by atoms with van der Waals surface area (Å²) in [5.41, 5.74) is 2.67. The Labute approximate surface area is 182 Å². The van der Waals surface area contributed by atoms with Gasteiger partial charge in [-0.2, -0.15) is 4.99 Å². The zero-order valence-corrected chi connectivity index (χ0v) is 18.3. The molecule has 1 fully saturated rings. The van der Waals surface area contributed by atoms with E-state index in [4.69, 9.17) is 9.47 Å². The molecule has 0 N–H and O–H groups in total. The predicted molar refractivity (Wildman–Crippen MR) is 123 cm³/mol. The summed E-state index contributed by atoms with van der Waals surface area (Å²) in [6.45, 7) is 0. The van der Waals surface area contributed by atoms with Crippen LogP contribution in [-0.2, 0) is 4.79 Å². The van der Waals surface area contributed by atoms with Gasteiger partial charge >= 0.3 is 0 Å². The summed E-state index contributed by atoms with van der Waals surface area (Å²) in [5.74, 6) is 1.23. The first kappa shape index (κ1) is 20.2. The summed E-state index contributed by atoms with van der Waals surface area (Å²) in [6, 6.07) is 15.4. The fourth-order valence-corrected chi connectivity index (χ4v) is 4.60. The number of benzene rings is 2. The maximum atomic E-state index is 12.8. The molecule has 2 aromatic carbocycles. The highest BCUT2D eigenvalue weighted by atomic mass is 32.2. The normalized spacial score (nSPS) is 16.5. The molecule has 0 bridgehead atoms. The van der Waals surface area contributed by atoms with Gasteiger partial charge in [0, 0.05) is 23.6 Å². The first-order valence-corrected chi connectivity index (χ1v) is 10.8. The van der Waals surface area contributed by atoms with E-state index in [9.17, 15) is 4.79 Å². The molecule has 30 heavy (non-hydrogen) atoms. The highest BCUT2D eigenvalue weighted by Gasteiger charge is 2.31. The summed E-state index contributed by atoms with van der Waals surface area (Å²) < 4.78 is 10.7. The van der Waals surface area contributed by atoms with Crippen molar-refractivity contribution in [3.05, 3.63) is 64.4 Å². The Hall–Kier alpha value is -3.10. The van der Waals surface area contributed by atoms with Crippen molar-refractivity contribution in [2.75, 3.05) is 21.3 Å². The smallest absolute Gasteiger partial charge is 0.266 e. The Morgan fingerprint density at radius 3 is 2.63 bits per heavy atom. The molecule has 0 unspecified atom stereocenters. The van der Waals surface area contributed by atoms with Gasteiger partial charge in [0.15, 0.2) is 5.17 Å². The van der Waals surface area contributed by atoms with Gasteiger partial charge < -0.3 is 9.47 Å². The number of nitrogens with zero attached hydrogens (tertiary/aromatic N) is 3. The fourth-order valence-electron chi connectivity index (χ4n) is 2.88. The second-order valence-corrected chi connectivity index (χ2v) is 8.20. The van der Waals surface area contributed by atoms with E-state index in [0.717, 1.165) is 16.8 Å². The second-order valence-electron chi connectivity index (χ2n) is 6.36. The maximum absolute atomic E-state index is 12.8. The van der Waals surface area contributed by atoms with Crippen LogP contribution >= 0.6 is 23.1 Å². The molecule has 0 aliphatic carbocycles. The lowest BCUT2D eigenvalue weighted by molar-refractivity contribution is -0.121. The number of likely N-dealkylation sites (N-methyl/N-ethyl adjacent to an activating group) is 1. The first-order valence-electron chi connectivity index (χ1n) is 9.08. The minimum atomic E-state index is -0.122. The third kappa shape index (κ3) is 4.10. The Kier molecular flexibility index (Phi) is 5.87. The van der Waals surface area contributed by atoms with E-state index in [1.807, 2.05) is 53.9 Å². The number of amides is 1. The highest BCUT2D eigenvalue weighted by molar-refractivity contribution is 8.18. The molecule has 4 rings (SSSR count). The third-order valence-corrected chi connectivity index (χ3v) is 6.27. The molecule has 3 aromatic rings. The number of hydrogen-bond acceptors (Lipinski definition) is 7. The van der Waals surface area contributed by atoms with E-state index < -0.39 is 0 Å². The van der Waals surface area contributed by atoms with Crippen LogP contribution in [0.3, 0.4) is 0 Å². The minimum Gasteiger partial charge on any atom is -0.497 e. The fraction of sp³-hybridized carbons (Fsp3) is 0.136. The summed E-state index contributed by atoms with van der Waals surface area (Å²) in [4.78, 5) is 24.0. The van der Waals surface area contributed by atoms with Gasteiger partial charge in [0.25, 0.3) is 5.91 Å². The molecule has 0 radical (unpaired) electrons. The van der Waals surface area contributed by atoms with Crippen molar-refractivity contribution in [2.45, 2.75) is 0 Å². The van der Waals surface area contributed by atoms with Crippen molar-refractivity contribution < 1.29 is 14.3 Å². The van der Waals surface area contributed by atoms with Crippen LogP contribution in [0.5, 0.6) is 11.5 Å². The van der Waals surface area contributed by atoms with E-state index in [1.165, 1.54) is 28.0 Å². The van der Waals surface area contributed by atoms with Gasteiger partial charge in [-0.3, -0.25) is 9.69 Å². The van der Waals surface area contributed by atoms with Crippen molar-refractivity contribution in [3.8, 4) is 22.8 Å². The van der Waals surface area contributed by atoms with E-state index in [0.29, 0.717) is 26.7 Å². The zero-order chi connectivity index (χ0) is 21.1. The van der Waals surface area contributed by atoms with E-state index in [-0.39, 0.29) is 5.91 Å². The van der Waals surface area contributed by atoms with Crippen LogP contribution in [0, 0.1) is 0 Å². The standard InChI is InChI=1S/C22H19N3O3S2/c1-25-20(26)19(12-15-11-16(27-2)9-10-18(15)28-3)30-22(25)24-21-23-17(13-29-21)14-7-5-4-6-8-14/h4-13H,1-3H3/b19-12-,24-22+. The molecular weight excluding hydrogens is 418 g/mol. The molecule has 2 heterocycles. The van der Waals surface area contributed by atoms with Crippen LogP contribution in [0.2, 0.25) is 0 Å². The molecule has 152 valence electrons. The molecule has 0 atom stereocenters. The number of amidine groups is 1. The van der Waals surface area contributed by atoms with Gasteiger partial charge in [-0.1, -0.05) is 30.3 Å². The number of ether oxygens (including phenoxy) is 2. The second kappa shape index (κ2) is 8.73. The number of aromatic nitrogens is 1. The van der Waals surface area contributed by atoms with Gasteiger partial charge in [0.1, 0.15) is 11.5 Å². The molecule has 0 spiro atoms. The minimum absolute atomic E-state index is 0.122. The quantitative estimate of drug-likeness (QED) is 0.522. The number of rotatable bonds is 5. The number of carbonyl (C=O) groups is 1. The van der Waals surface area contributed by atoms with Crippen molar-refractivity contribution in [1.82, 2.24) is 9.88 Å². The van der Waals surface area contributed by atoms with Crippen molar-refractivity contribution in [1.29, 1.82) is 0 Å². The molecule has 6 nitrogen and oxygen atoms in total. The molecule has 0 saturated carbocycles. The Bertz CT molecular complexity index is 1140. The number of aliphatic imine (C=N–C) groups is 1. The topological polar surface area (TPSA) is 64.0 Å². The van der Waals surface area contributed by atoms with Crippen LogP contribution < -0.4 is 9.47 Å². The monoisotopic (exact) mass is 437 g/mol. The third-order valence-electron chi connectivity index (χ3n) is 4.48. The zero-order valence-electron chi connectivity index (χ0n) is 16.7. The lowest BCUT2D eigenvalue weighted by Crippen LogP contribution is -2.23. The molecule has 1 amide bonds. The van der Waals surface area contributed by atoms with Crippen molar-refractivity contribution in [2.24, 2.45) is 4.99 Å². The number of hydrogen-bond donors (Lipinski definition) is 0. The molecule has 1 aliphatic rings. The number of thioether (sulfide) groups is 1. The van der Waals surface area contributed by atoms with E-state index >= 15 is 0 Å². The largest absolute Gasteiger partial charge is 0.497 e. The molecule has 8 heteroatoms. The average molecular weight is 438 g/mol. The van der Waals surface area contributed by atoms with Crippen LogP contribution in [0.1, 0.15) is 5.56 Å². The summed E-state index contributed by atoms with van der Waals surface area (Å²) in [6.07, 6.45) is 1.80. The average Bonchev–Trinajstić information content (AvgIpc) is 3.35. The molecule has 1 aliphatic heterocycles. The van der Waals surface area contributed by atoms with Gasteiger partial charge in [-0.15, -0.1) is 11.3 Å². The maximum Gasteiger partial charge on any atom is 0.266 e. The van der Waals surface area contributed by atoms with Crippen LogP contribution in [0.4, 0.5) is 5.13 Å². The molecular formula is C22H19N3O3S2. The van der Waals surface area contributed by atoms with Crippen LogP contribution in [-0.4, -0.2) is 42.2 Å². The van der Waals surface area contributed by atoms with Gasteiger partial charge in [0.05, 0.1) is 24.8 Å². The van der Waals surface area contributed by atoms with Gasteiger partial charge in [0.2, 0.25) is 5.13 Å². The Balaban J connectivity index is 1.62. The number of methoxy groups -OCH3 is 2. The summed E-state index contributed by atoms with van der Waals surface area (Å²) >= 11 is 2.76. The lowest BCUT2D eigenvalue weighted by atomic mass is 10.1. The molecule has 1 aromatic heterocycles. The summed E-state index contributed by atoms with van der Waals surface area (Å²) in [7, 11) is 4.91. The Morgan fingerprint density at radius 1 is 1.10 bits per heavy atom. The van der Waals surface area contributed by atoms with Crippen LogP contribution in [0.15, 0.2) is 63.8 Å². The van der Waals surface area contributed by atoms with Crippen molar-refractivity contribution >= 4 is 45.4 Å². The highest BCUT2D eigenvalue weighted by Crippen LogP contribution is 2.36. The van der Waals surface area contributed by atoms with E-state index in [2.05, 4.69) is 9.98 Å². The first-order chi connectivity index (χ1) is 14.6. The van der Waals surface area contributed by atoms with Crippen LogP contribution in [0.25, 0.3) is 17.3 Å².